The predicted octanol–water partition coefficient (Wildman–Crippen LogP) is 2.57. The van der Waals surface area contributed by atoms with Crippen molar-refractivity contribution in [1.82, 2.24) is 20.4 Å². The fraction of sp³-hybridized carbons (Fsp3) is 0.417. The van der Waals surface area contributed by atoms with Gasteiger partial charge >= 0.3 is 0 Å². The molecular weight excluding hydrogens is 533 g/mol. The Kier molecular flexibility index (Phi) is 10.7. The number of nitrogens with zero attached hydrogens (tertiary/aromatic N) is 3. The lowest BCUT2D eigenvalue weighted by atomic mass is 10.1. The second-order valence-electron chi connectivity index (χ2n) is 7.62. The normalized spacial score (nSPS) is 14.3. The van der Waals surface area contributed by atoms with Crippen LogP contribution >= 0.6 is 24.0 Å². The van der Waals surface area contributed by atoms with Gasteiger partial charge in [0.15, 0.2) is 5.96 Å². The van der Waals surface area contributed by atoms with Crippen molar-refractivity contribution in [1.29, 1.82) is 0 Å². The zero-order valence-electron chi connectivity index (χ0n) is 19.8. The number of benzene rings is 2. The fourth-order valence-electron chi connectivity index (χ4n) is 3.84. The Bertz CT molecular complexity index is 945. The summed E-state index contributed by atoms with van der Waals surface area (Å²) in [7, 11) is 6.82. The topological polar surface area (TPSA) is 78.4 Å². The van der Waals surface area contributed by atoms with Gasteiger partial charge in [0.2, 0.25) is 0 Å². The maximum atomic E-state index is 11.9. The highest BCUT2D eigenvalue weighted by molar-refractivity contribution is 14.0. The monoisotopic (exact) mass is 567 g/mol. The van der Waals surface area contributed by atoms with Crippen LogP contribution in [0.25, 0.3) is 0 Å². The summed E-state index contributed by atoms with van der Waals surface area (Å²) in [5.41, 5.74) is 2.82. The summed E-state index contributed by atoms with van der Waals surface area (Å²) in [5.74, 6) is 2.50. The number of amides is 1. The van der Waals surface area contributed by atoms with Crippen LogP contribution in [0, 0.1) is 0 Å². The van der Waals surface area contributed by atoms with Gasteiger partial charge in [-0.15, -0.1) is 24.0 Å². The van der Waals surface area contributed by atoms with Crippen molar-refractivity contribution in [2.24, 2.45) is 4.99 Å². The van der Waals surface area contributed by atoms with E-state index in [-0.39, 0.29) is 29.9 Å². The van der Waals surface area contributed by atoms with Crippen molar-refractivity contribution in [2.75, 3.05) is 54.5 Å². The van der Waals surface area contributed by atoms with Crippen molar-refractivity contribution in [3.63, 3.8) is 0 Å². The third kappa shape index (κ3) is 7.23. The summed E-state index contributed by atoms with van der Waals surface area (Å²) in [5, 5.41) is 6.09. The van der Waals surface area contributed by atoms with Gasteiger partial charge < -0.3 is 25.0 Å². The molecule has 180 valence electrons. The number of carbonyl (C=O) groups is 1. The van der Waals surface area contributed by atoms with Gasteiger partial charge in [0, 0.05) is 64.5 Å². The highest BCUT2D eigenvalue weighted by Gasteiger charge is 2.21. The van der Waals surface area contributed by atoms with Crippen molar-refractivity contribution >= 4 is 35.8 Å². The molecule has 1 heterocycles. The highest BCUT2D eigenvalue weighted by atomic mass is 127. The van der Waals surface area contributed by atoms with E-state index >= 15 is 0 Å². The molecular formula is C24H34IN5O3. The molecule has 2 aromatic carbocycles. The minimum Gasteiger partial charge on any atom is -0.497 e. The lowest BCUT2D eigenvalue weighted by Gasteiger charge is -2.36. The number of aliphatic imine (C=N–C) groups is 1. The third-order valence-electron chi connectivity index (χ3n) is 5.63. The van der Waals surface area contributed by atoms with Crippen LogP contribution in [0.3, 0.4) is 0 Å². The molecule has 0 unspecified atom stereocenters. The molecule has 33 heavy (non-hydrogen) atoms. The average molecular weight is 567 g/mol. The lowest BCUT2D eigenvalue weighted by Crippen LogP contribution is -2.52. The van der Waals surface area contributed by atoms with Crippen LogP contribution in [0.2, 0.25) is 0 Å². The molecule has 0 bridgehead atoms. The van der Waals surface area contributed by atoms with E-state index in [0.717, 1.165) is 61.3 Å². The van der Waals surface area contributed by atoms with Gasteiger partial charge in [-0.25, -0.2) is 0 Å². The number of halogens is 1. The average Bonchev–Trinajstić information content (AvgIpc) is 2.85. The molecule has 2 aromatic rings. The Hall–Kier alpha value is -2.53. The van der Waals surface area contributed by atoms with E-state index in [4.69, 9.17) is 9.47 Å². The van der Waals surface area contributed by atoms with Gasteiger partial charge in [-0.05, 0) is 35.9 Å². The number of nitrogens with one attached hydrogen (secondary N) is 2. The first kappa shape index (κ1) is 26.7. The fourth-order valence-corrected chi connectivity index (χ4v) is 3.84. The zero-order valence-corrected chi connectivity index (χ0v) is 22.1. The molecule has 0 aliphatic carbocycles. The molecule has 2 N–H and O–H groups in total. The van der Waals surface area contributed by atoms with Crippen molar-refractivity contribution in [2.45, 2.75) is 13.1 Å². The zero-order chi connectivity index (χ0) is 22.9. The molecule has 0 saturated carbocycles. The molecule has 9 heteroatoms. The van der Waals surface area contributed by atoms with Crippen LogP contribution in [0.1, 0.15) is 21.5 Å². The lowest BCUT2D eigenvalue weighted by molar-refractivity contribution is 0.0963. The molecule has 0 aromatic heterocycles. The van der Waals surface area contributed by atoms with E-state index in [2.05, 4.69) is 25.4 Å². The molecule has 0 spiro atoms. The summed E-state index contributed by atoms with van der Waals surface area (Å²) in [4.78, 5) is 21.0. The maximum Gasteiger partial charge on any atom is 0.251 e. The Morgan fingerprint density at radius 3 is 2.45 bits per heavy atom. The predicted molar refractivity (Wildman–Crippen MR) is 142 cm³/mol. The van der Waals surface area contributed by atoms with E-state index in [1.807, 2.05) is 42.5 Å². The van der Waals surface area contributed by atoms with Crippen LogP contribution in [-0.2, 0) is 13.1 Å². The number of carbonyl (C=O) groups excluding carboxylic acids is 1. The van der Waals surface area contributed by atoms with E-state index in [0.29, 0.717) is 12.1 Å². The molecule has 1 aliphatic heterocycles. The molecule has 0 atom stereocenters. The van der Waals surface area contributed by atoms with E-state index in [9.17, 15) is 4.79 Å². The van der Waals surface area contributed by atoms with Crippen molar-refractivity contribution in [3.8, 4) is 11.5 Å². The summed E-state index contributed by atoms with van der Waals surface area (Å²) >= 11 is 0. The maximum absolute atomic E-state index is 11.9. The molecule has 1 aliphatic rings. The van der Waals surface area contributed by atoms with E-state index in [1.54, 1.807) is 28.3 Å². The number of ether oxygens (including phenoxy) is 2. The first-order valence-electron chi connectivity index (χ1n) is 10.8. The number of rotatable bonds is 7. The number of hydrogen-bond acceptors (Lipinski definition) is 5. The second kappa shape index (κ2) is 13.2. The van der Waals surface area contributed by atoms with Crippen LogP contribution < -0.4 is 20.1 Å². The van der Waals surface area contributed by atoms with Gasteiger partial charge in [-0.3, -0.25) is 14.7 Å². The minimum absolute atomic E-state index is 0. The summed E-state index contributed by atoms with van der Waals surface area (Å²) in [6.45, 7) is 5.03. The molecule has 1 saturated heterocycles. The summed E-state index contributed by atoms with van der Waals surface area (Å²) in [6.07, 6.45) is 0. The van der Waals surface area contributed by atoms with Gasteiger partial charge in [-0.2, -0.15) is 0 Å². The highest BCUT2D eigenvalue weighted by Crippen LogP contribution is 2.25. The number of hydrogen-bond donors (Lipinski definition) is 2. The SMILES string of the molecule is CN=C(NCc1cccc(C(=O)NC)c1)N1CCN(Cc2cc(OC)ccc2OC)CC1.I. The van der Waals surface area contributed by atoms with Gasteiger partial charge in [-0.1, -0.05) is 12.1 Å². The van der Waals surface area contributed by atoms with E-state index in [1.165, 1.54) is 0 Å². The third-order valence-corrected chi connectivity index (χ3v) is 5.63. The standard InChI is InChI=1S/C24H33N5O3.HI/c1-25-23(30)19-7-5-6-18(14-19)16-27-24(26-2)29-12-10-28(11-13-29)17-20-15-21(31-3)8-9-22(20)32-4;/h5-9,14-15H,10-13,16-17H2,1-4H3,(H,25,30)(H,26,27);1H. The number of piperazine rings is 1. The molecule has 1 amide bonds. The van der Waals surface area contributed by atoms with Crippen LogP contribution in [0.4, 0.5) is 0 Å². The number of guanidine groups is 1. The summed E-state index contributed by atoms with van der Waals surface area (Å²) in [6, 6.07) is 13.5. The molecule has 1 fully saturated rings. The first-order chi connectivity index (χ1) is 15.6. The Labute approximate surface area is 213 Å². The Morgan fingerprint density at radius 2 is 1.82 bits per heavy atom. The van der Waals surface area contributed by atoms with Crippen molar-refractivity contribution in [3.05, 3.63) is 59.2 Å². The van der Waals surface area contributed by atoms with Gasteiger partial charge in [0.25, 0.3) is 5.91 Å². The van der Waals surface area contributed by atoms with Crippen LogP contribution in [0.5, 0.6) is 11.5 Å². The minimum atomic E-state index is -0.0833. The first-order valence-corrected chi connectivity index (χ1v) is 10.8. The Morgan fingerprint density at radius 1 is 1.06 bits per heavy atom. The van der Waals surface area contributed by atoms with Crippen LogP contribution in [-0.4, -0.2) is 76.2 Å². The molecule has 0 radical (unpaired) electrons. The Balaban J connectivity index is 0.00000385. The molecule has 3 rings (SSSR count). The smallest absolute Gasteiger partial charge is 0.251 e. The van der Waals surface area contributed by atoms with Crippen molar-refractivity contribution < 1.29 is 14.3 Å². The van der Waals surface area contributed by atoms with Crippen LogP contribution in [0.15, 0.2) is 47.5 Å². The number of methoxy groups -OCH3 is 2. The van der Waals surface area contributed by atoms with Gasteiger partial charge in [0.1, 0.15) is 11.5 Å². The summed E-state index contributed by atoms with van der Waals surface area (Å²) < 4.78 is 10.9. The van der Waals surface area contributed by atoms with Gasteiger partial charge in [0.05, 0.1) is 14.2 Å². The second-order valence-corrected chi connectivity index (χ2v) is 7.62. The quantitative estimate of drug-likeness (QED) is 0.305. The largest absolute Gasteiger partial charge is 0.497 e. The molecule has 8 nitrogen and oxygen atoms in total. The van der Waals surface area contributed by atoms with E-state index < -0.39 is 0 Å².